The Morgan fingerprint density at radius 1 is 0.767 bits per heavy atom. The number of hydrogen-bond acceptors (Lipinski definition) is 3. The molecule has 3 N–H and O–H groups in total. The van der Waals surface area contributed by atoms with E-state index >= 15 is 0 Å². The average Bonchev–Trinajstić information content (AvgIpc) is 2.91. The molecule has 250 valence electrons. The molecule has 0 bridgehead atoms. The molecule has 0 saturated heterocycles. The van der Waals surface area contributed by atoms with Gasteiger partial charge in [-0.1, -0.05) is 97.6 Å². The van der Waals surface area contributed by atoms with Crippen molar-refractivity contribution in [1.29, 1.82) is 0 Å². The van der Waals surface area contributed by atoms with E-state index in [2.05, 4.69) is 64.4 Å². The molecule has 0 aliphatic heterocycles. The summed E-state index contributed by atoms with van der Waals surface area (Å²) in [6, 6.07) is -0.511. The molecule has 6 heteroatoms. The number of hydrogen-bond donors (Lipinski definition) is 3. The van der Waals surface area contributed by atoms with Crippen molar-refractivity contribution >= 4 is 17.7 Å². The monoisotopic (exact) mass is 604 g/mol. The van der Waals surface area contributed by atoms with E-state index in [0.29, 0.717) is 49.6 Å². The number of nitrogens with one attached hydrogen (secondary N) is 3. The fraction of sp³-hybridized carbons (Fsp3) is 0.865. The molecule has 0 aromatic carbocycles. The second-order valence-electron chi connectivity index (χ2n) is 14.5. The van der Waals surface area contributed by atoms with Crippen LogP contribution >= 0.6 is 0 Å². The van der Waals surface area contributed by atoms with E-state index < -0.39 is 6.04 Å². The summed E-state index contributed by atoms with van der Waals surface area (Å²) in [6.45, 7) is 19.1. The molecule has 0 spiro atoms. The van der Waals surface area contributed by atoms with Crippen LogP contribution in [0.4, 0.5) is 0 Å². The summed E-state index contributed by atoms with van der Waals surface area (Å²) in [7, 11) is 0. The highest BCUT2D eigenvalue weighted by Crippen LogP contribution is 2.42. The van der Waals surface area contributed by atoms with Crippen LogP contribution in [0.2, 0.25) is 0 Å². The molecular weight excluding hydrogens is 534 g/mol. The minimum atomic E-state index is -0.511. The molecule has 0 saturated carbocycles. The summed E-state index contributed by atoms with van der Waals surface area (Å²) < 4.78 is 0. The maximum atomic E-state index is 12.6. The first-order valence-corrected chi connectivity index (χ1v) is 17.9. The predicted octanol–water partition coefficient (Wildman–Crippen LogP) is 8.64. The lowest BCUT2D eigenvalue weighted by molar-refractivity contribution is -0.129. The van der Waals surface area contributed by atoms with Gasteiger partial charge in [-0.3, -0.25) is 14.4 Å². The van der Waals surface area contributed by atoms with Crippen molar-refractivity contribution in [3.8, 4) is 0 Å². The fourth-order valence-corrected chi connectivity index (χ4v) is 6.75. The molecule has 4 unspecified atom stereocenters. The normalized spacial score (nSPS) is 17.6. The molecule has 1 rings (SSSR count). The van der Waals surface area contributed by atoms with Crippen LogP contribution in [-0.2, 0) is 14.4 Å². The third kappa shape index (κ3) is 17.3. The first-order chi connectivity index (χ1) is 20.4. The van der Waals surface area contributed by atoms with Crippen LogP contribution in [0.1, 0.15) is 165 Å². The fourth-order valence-electron chi connectivity index (χ4n) is 6.75. The quantitative estimate of drug-likeness (QED) is 0.0807. The van der Waals surface area contributed by atoms with E-state index in [9.17, 15) is 14.4 Å². The second-order valence-corrected chi connectivity index (χ2v) is 14.5. The zero-order chi connectivity index (χ0) is 32.3. The van der Waals surface area contributed by atoms with Gasteiger partial charge in [-0.05, 0) is 88.4 Å². The number of carbonyl (C=O) groups is 3. The third-order valence-electron chi connectivity index (χ3n) is 9.58. The van der Waals surface area contributed by atoms with Crippen molar-refractivity contribution in [2.24, 2.45) is 23.2 Å². The lowest BCUT2D eigenvalue weighted by Gasteiger charge is -2.35. The molecule has 3 amide bonds. The van der Waals surface area contributed by atoms with E-state index in [-0.39, 0.29) is 17.7 Å². The summed E-state index contributed by atoms with van der Waals surface area (Å²) >= 11 is 0. The first-order valence-electron chi connectivity index (χ1n) is 17.9. The Morgan fingerprint density at radius 2 is 1.40 bits per heavy atom. The Morgan fingerprint density at radius 3 is 2.05 bits per heavy atom. The van der Waals surface area contributed by atoms with Gasteiger partial charge in [0.15, 0.2) is 0 Å². The number of rotatable bonds is 23. The number of unbranched alkanes of at least 4 members (excludes halogenated alkanes) is 3. The van der Waals surface area contributed by atoms with Gasteiger partial charge in [-0.25, -0.2) is 0 Å². The van der Waals surface area contributed by atoms with E-state index in [1.54, 1.807) is 11.1 Å². The zero-order valence-corrected chi connectivity index (χ0v) is 29.5. The molecule has 4 atom stereocenters. The summed E-state index contributed by atoms with van der Waals surface area (Å²) in [5.74, 6) is 1.39. The summed E-state index contributed by atoms with van der Waals surface area (Å²) in [6.07, 6.45) is 17.7. The van der Waals surface area contributed by atoms with Crippen LogP contribution in [0.15, 0.2) is 11.1 Å². The van der Waals surface area contributed by atoms with Crippen LogP contribution in [0.25, 0.3) is 0 Å². The third-order valence-corrected chi connectivity index (χ3v) is 9.58. The van der Waals surface area contributed by atoms with Crippen molar-refractivity contribution < 1.29 is 14.4 Å². The van der Waals surface area contributed by atoms with Crippen LogP contribution in [0.3, 0.4) is 0 Å². The molecule has 0 fully saturated rings. The first kappa shape index (κ1) is 39.2. The number of amides is 3. The highest BCUT2D eigenvalue weighted by Gasteiger charge is 2.28. The second kappa shape index (κ2) is 21.8. The smallest absolute Gasteiger partial charge is 0.242 e. The topological polar surface area (TPSA) is 87.3 Å². The minimum absolute atomic E-state index is 0.0439. The molecule has 0 aromatic rings. The highest BCUT2D eigenvalue weighted by atomic mass is 16.2. The standard InChI is InChI=1S/C37H69N3O3/c1-9-11-12-17-29(4)27-35(42)40-33(36(43)38-10-2)21-13-14-25-39-34(41)26-30(5)19-15-18-28(3)22-23-32-31(6)20-16-24-37(32,7)8/h28-30,33H,9-27H2,1-8H3,(H,38,43)(H,39,41)(H,40,42). The van der Waals surface area contributed by atoms with Crippen LogP contribution in [-0.4, -0.2) is 36.9 Å². The average molecular weight is 604 g/mol. The highest BCUT2D eigenvalue weighted by molar-refractivity contribution is 5.87. The molecule has 0 radical (unpaired) electrons. The Labute approximate surface area is 265 Å². The number of carbonyl (C=O) groups excluding carboxylic acids is 3. The Balaban J connectivity index is 2.27. The van der Waals surface area contributed by atoms with Crippen LogP contribution < -0.4 is 16.0 Å². The predicted molar refractivity (Wildman–Crippen MR) is 182 cm³/mol. The van der Waals surface area contributed by atoms with Crippen LogP contribution in [0, 0.1) is 23.2 Å². The van der Waals surface area contributed by atoms with E-state index in [0.717, 1.165) is 38.0 Å². The number of allylic oxidation sites excluding steroid dienone is 2. The van der Waals surface area contributed by atoms with Crippen molar-refractivity contribution in [2.75, 3.05) is 13.1 Å². The molecule has 0 aromatic heterocycles. The molecule has 0 heterocycles. The maximum absolute atomic E-state index is 12.6. The van der Waals surface area contributed by atoms with Gasteiger partial charge in [0.1, 0.15) is 6.04 Å². The molecule has 6 nitrogen and oxygen atoms in total. The largest absolute Gasteiger partial charge is 0.356 e. The molecule has 1 aliphatic carbocycles. The van der Waals surface area contributed by atoms with Gasteiger partial charge >= 0.3 is 0 Å². The SMILES string of the molecule is CCCCCC(C)CC(=O)NC(CCCCNC(=O)CC(C)CCCC(C)CCC1=C(C)CCCC1(C)C)C(=O)NCC. The van der Waals surface area contributed by atoms with E-state index in [4.69, 9.17) is 0 Å². The van der Waals surface area contributed by atoms with Gasteiger partial charge in [-0.2, -0.15) is 0 Å². The minimum Gasteiger partial charge on any atom is -0.356 e. The van der Waals surface area contributed by atoms with Gasteiger partial charge in [0, 0.05) is 25.9 Å². The van der Waals surface area contributed by atoms with Crippen molar-refractivity contribution in [1.82, 2.24) is 16.0 Å². The summed E-state index contributed by atoms with van der Waals surface area (Å²) in [4.78, 5) is 37.6. The Bertz CT molecular complexity index is 850. The van der Waals surface area contributed by atoms with Crippen LogP contribution in [0.5, 0.6) is 0 Å². The summed E-state index contributed by atoms with van der Waals surface area (Å²) in [5, 5.41) is 8.89. The summed E-state index contributed by atoms with van der Waals surface area (Å²) in [5.41, 5.74) is 3.72. The Hall–Kier alpha value is -1.85. The van der Waals surface area contributed by atoms with Crippen molar-refractivity contribution in [3.63, 3.8) is 0 Å². The zero-order valence-electron chi connectivity index (χ0n) is 29.5. The van der Waals surface area contributed by atoms with Gasteiger partial charge in [0.25, 0.3) is 0 Å². The lowest BCUT2D eigenvalue weighted by Crippen LogP contribution is -2.47. The van der Waals surface area contributed by atoms with Crippen molar-refractivity contribution in [3.05, 3.63) is 11.1 Å². The van der Waals surface area contributed by atoms with Gasteiger partial charge < -0.3 is 16.0 Å². The van der Waals surface area contributed by atoms with E-state index in [1.807, 2.05) is 6.92 Å². The maximum Gasteiger partial charge on any atom is 0.242 e. The Kier molecular flexibility index (Phi) is 19.8. The lowest BCUT2D eigenvalue weighted by atomic mass is 9.70. The number of likely N-dealkylation sites (N-methyl/N-ethyl adjacent to an activating group) is 1. The molecule has 43 heavy (non-hydrogen) atoms. The van der Waals surface area contributed by atoms with Crippen molar-refractivity contribution in [2.45, 2.75) is 171 Å². The van der Waals surface area contributed by atoms with Gasteiger partial charge in [-0.15, -0.1) is 0 Å². The van der Waals surface area contributed by atoms with Gasteiger partial charge in [0.05, 0.1) is 0 Å². The molecular formula is C37H69N3O3. The van der Waals surface area contributed by atoms with Gasteiger partial charge in [0.2, 0.25) is 17.7 Å². The van der Waals surface area contributed by atoms with E-state index in [1.165, 1.54) is 57.8 Å². The molecule has 1 aliphatic rings.